The van der Waals surface area contributed by atoms with Crippen LogP contribution in [0.5, 0.6) is 0 Å². The number of aryl methyl sites for hydroxylation is 1. The highest BCUT2D eigenvalue weighted by Crippen LogP contribution is 2.23. The number of aromatic amines is 1. The normalized spacial score (nSPS) is 11.0. The van der Waals surface area contributed by atoms with Crippen LogP contribution in [0.2, 0.25) is 5.02 Å². The van der Waals surface area contributed by atoms with Crippen molar-refractivity contribution in [2.24, 2.45) is 0 Å². The summed E-state index contributed by atoms with van der Waals surface area (Å²) in [5.74, 6) is -0.813. The molecule has 24 heavy (non-hydrogen) atoms. The number of fused-ring (bicyclic) bond motifs is 1. The predicted molar refractivity (Wildman–Crippen MR) is 95.7 cm³/mol. The van der Waals surface area contributed by atoms with E-state index < -0.39 is 5.82 Å². The van der Waals surface area contributed by atoms with Crippen LogP contribution in [0.25, 0.3) is 10.2 Å². The minimum Gasteiger partial charge on any atom is -0.325 e. The first-order chi connectivity index (χ1) is 11.4. The molecule has 0 saturated carbocycles. The zero-order valence-electron chi connectivity index (χ0n) is 12.4. The minimum atomic E-state index is -0.551. The van der Waals surface area contributed by atoms with Crippen molar-refractivity contribution in [1.29, 1.82) is 0 Å². The Kier molecular flexibility index (Phi) is 4.88. The molecule has 0 aliphatic heterocycles. The number of nitrogens with zero attached hydrogens (tertiary/aromatic N) is 1. The Hall–Kier alpha value is -1.90. The van der Waals surface area contributed by atoms with Gasteiger partial charge in [0.05, 0.1) is 16.2 Å². The lowest BCUT2D eigenvalue weighted by Gasteiger charge is -2.05. The van der Waals surface area contributed by atoms with Crippen LogP contribution in [0.3, 0.4) is 0 Å². The number of halogens is 2. The van der Waals surface area contributed by atoms with E-state index in [1.807, 2.05) is 6.92 Å². The van der Waals surface area contributed by atoms with Crippen LogP contribution in [-0.4, -0.2) is 21.6 Å². The van der Waals surface area contributed by atoms with Gasteiger partial charge in [0, 0.05) is 10.6 Å². The topological polar surface area (TPSA) is 74.8 Å². The second kappa shape index (κ2) is 6.92. The molecular weight excluding hydrogens is 373 g/mol. The van der Waals surface area contributed by atoms with E-state index in [2.05, 4.69) is 15.3 Å². The summed E-state index contributed by atoms with van der Waals surface area (Å²) in [7, 11) is 0. The van der Waals surface area contributed by atoms with Gasteiger partial charge in [0.25, 0.3) is 5.56 Å². The highest BCUT2D eigenvalue weighted by molar-refractivity contribution is 7.99. The first kappa shape index (κ1) is 16.9. The number of carbonyl (C=O) groups excluding carboxylic acids is 1. The van der Waals surface area contributed by atoms with Crippen molar-refractivity contribution in [2.45, 2.75) is 12.1 Å². The molecule has 2 aromatic heterocycles. The molecule has 0 spiro atoms. The molecule has 0 aliphatic carbocycles. The fourth-order valence-electron chi connectivity index (χ4n) is 2.01. The summed E-state index contributed by atoms with van der Waals surface area (Å²) in [6.45, 7) is 1.90. The number of rotatable bonds is 4. The van der Waals surface area contributed by atoms with Gasteiger partial charge in [-0.15, -0.1) is 11.3 Å². The lowest BCUT2D eigenvalue weighted by atomic mass is 10.3. The van der Waals surface area contributed by atoms with Crippen molar-refractivity contribution in [2.75, 3.05) is 11.1 Å². The second-order valence-corrected chi connectivity index (χ2v) is 7.52. The molecule has 2 N–H and O–H groups in total. The maximum Gasteiger partial charge on any atom is 0.260 e. The number of thioether (sulfide) groups is 1. The van der Waals surface area contributed by atoms with Gasteiger partial charge < -0.3 is 10.3 Å². The molecule has 3 rings (SSSR count). The van der Waals surface area contributed by atoms with Crippen molar-refractivity contribution in [3.8, 4) is 0 Å². The third kappa shape index (κ3) is 3.77. The number of benzene rings is 1. The van der Waals surface area contributed by atoms with Crippen LogP contribution in [0.15, 0.2) is 34.2 Å². The van der Waals surface area contributed by atoms with E-state index in [9.17, 15) is 14.0 Å². The van der Waals surface area contributed by atoms with Crippen molar-refractivity contribution in [1.82, 2.24) is 9.97 Å². The summed E-state index contributed by atoms with van der Waals surface area (Å²) in [5, 5.41) is 3.47. The monoisotopic (exact) mass is 383 g/mol. The van der Waals surface area contributed by atoms with Crippen molar-refractivity contribution in [3.05, 3.63) is 50.3 Å². The van der Waals surface area contributed by atoms with E-state index in [1.165, 1.54) is 29.5 Å². The smallest absolute Gasteiger partial charge is 0.260 e. The number of anilines is 1. The van der Waals surface area contributed by atoms with Gasteiger partial charge in [0.2, 0.25) is 5.91 Å². The number of amides is 1. The summed E-state index contributed by atoms with van der Waals surface area (Å²) in [4.78, 5) is 32.5. The Morgan fingerprint density at radius 2 is 2.25 bits per heavy atom. The van der Waals surface area contributed by atoms with Gasteiger partial charge in [-0.05, 0) is 31.2 Å². The SMILES string of the molecule is Cc1cc2c(=O)[nH]c(SCC(=O)Nc3ccc(F)c(Cl)c3)nc2s1. The Balaban J connectivity index is 1.67. The van der Waals surface area contributed by atoms with Gasteiger partial charge in [0.1, 0.15) is 10.6 Å². The van der Waals surface area contributed by atoms with Crippen LogP contribution in [0.1, 0.15) is 4.88 Å². The number of hydrogen-bond acceptors (Lipinski definition) is 5. The quantitative estimate of drug-likeness (QED) is 0.530. The van der Waals surface area contributed by atoms with Gasteiger partial charge in [0.15, 0.2) is 5.16 Å². The van der Waals surface area contributed by atoms with E-state index in [1.54, 1.807) is 6.07 Å². The zero-order chi connectivity index (χ0) is 17.3. The molecule has 0 saturated heterocycles. The van der Waals surface area contributed by atoms with Gasteiger partial charge in [-0.25, -0.2) is 9.37 Å². The molecule has 0 fully saturated rings. The van der Waals surface area contributed by atoms with Crippen molar-refractivity contribution >= 4 is 56.5 Å². The molecular formula is C15H11ClFN3O2S2. The molecule has 0 radical (unpaired) electrons. The van der Waals surface area contributed by atoms with E-state index in [4.69, 9.17) is 11.6 Å². The van der Waals surface area contributed by atoms with E-state index >= 15 is 0 Å². The minimum absolute atomic E-state index is 0.0494. The number of thiophene rings is 1. The zero-order valence-corrected chi connectivity index (χ0v) is 14.7. The highest BCUT2D eigenvalue weighted by atomic mass is 35.5. The Bertz CT molecular complexity index is 986. The third-order valence-electron chi connectivity index (χ3n) is 3.05. The van der Waals surface area contributed by atoms with Crippen LogP contribution in [0.4, 0.5) is 10.1 Å². The molecule has 0 unspecified atom stereocenters. The van der Waals surface area contributed by atoms with Gasteiger partial charge in [-0.1, -0.05) is 23.4 Å². The third-order valence-corrected chi connectivity index (χ3v) is 5.15. The molecule has 9 heteroatoms. The molecule has 1 amide bonds. The summed E-state index contributed by atoms with van der Waals surface area (Å²) in [6, 6.07) is 5.72. The summed E-state index contributed by atoms with van der Waals surface area (Å²) in [5.41, 5.74) is 0.176. The average molecular weight is 384 g/mol. The van der Waals surface area contributed by atoms with Gasteiger partial charge in [-0.2, -0.15) is 0 Å². The van der Waals surface area contributed by atoms with E-state index in [0.29, 0.717) is 21.1 Å². The summed E-state index contributed by atoms with van der Waals surface area (Å²) < 4.78 is 13.1. The van der Waals surface area contributed by atoms with E-state index in [0.717, 1.165) is 16.6 Å². The second-order valence-electron chi connectivity index (χ2n) is 4.91. The van der Waals surface area contributed by atoms with Crippen LogP contribution in [0, 0.1) is 12.7 Å². The Morgan fingerprint density at radius 3 is 3.00 bits per heavy atom. The van der Waals surface area contributed by atoms with Gasteiger partial charge >= 0.3 is 0 Å². The molecule has 1 aromatic carbocycles. The first-order valence-corrected chi connectivity index (χ1v) is 8.98. The first-order valence-electron chi connectivity index (χ1n) is 6.80. The highest BCUT2D eigenvalue weighted by Gasteiger charge is 2.10. The lowest BCUT2D eigenvalue weighted by Crippen LogP contribution is -2.15. The van der Waals surface area contributed by atoms with Crippen molar-refractivity contribution in [3.63, 3.8) is 0 Å². The molecule has 124 valence electrons. The van der Waals surface area contributed by atoms with E-state index in [-0.39, 0.29) is 22.2 Å². The largest absolute Gasteiger partial charge is 0.325 e. The van der Waals surface area contributed by atoms with Crippen molar-refractivity contribution < 1.29 is 9.18 Å². The number of nitrogens with one attached hydrogen (secondary N) is 2. The standard InChI is InChI=1S/C15H11ClFN3O2S2/c1-7-4-9-13(22)19-15(20-14(9)24-7)23-6-12(21)18-8-2-3-11(17)10(16)5-8/h2-5H,6H2,1H3,(H,18,21)(H,19,20,22). The maximum atomic E-state index is 13.1. The average Bonchev–Trinajstić information content (AvgIpc) is 2.90. The predicted octanol–water partition coefficient (Wildman–Crippen LogP) is 3.82. The number of hydrogen-bond donors (Lipinski definition) is 2. The number of aromatic nitrogens is 2. The van der Waals surface area contributed by atoms with Gasteiger partial charge in [-0.3, -0.25) is 9.59 Å². The Morgan fingerprint density at radius 1 is 1.46 bits per heavy atom. The number of carbonyl (C=O) groups is 1. The summed E-state index contributed by atoms with van der Waals surface area (Å²) in [6.07, 6.45) is 0. The molecule has 5 nitrogen and oxygen atoms in total. The van der Waals surface area contributed by atoms with Crippen LogP contribution in [-0.2, 0) is 4.79 Å². The molecule has 0 atom stereocenters. The Labute approximate surface area is 149 Å². The fraction of sp³-hybridized carbons (Fsp3) is 0.133. The van der Waals surface area contributed by atoms with Crippen LogP contribution < -0.4 is 10.9 Å². The van der Waals surface area contributed by atoms with Crippen LogP contribution >= 0.6 is 34.7 Å². The number of H-pyrrole nitrogens is 1. The summed E-state index contributed by atoms with van der Waals surface area (Å²) >= 11 is 8.20. The lowest BCUT2D eigenvalue weighted by molar-refractivity contribution is -0.113. The molecule has 2 heterocycles. The molecule has 0 bridgehead atoms. The molecule has 0 aliphatic rings. The molecule has 3 aromatic rings. The maximum absolute atomic E-state index is 13.1. The fourth-order valence-corrected chi connectivity index (χ4v) is 3.78.